The lowest BCUT2D eigenvalue weighted by molar-refractivity contribution is 0.234. The average Bonchev–Trinajstić information content (AvgIpc) is 2.53. The quantitative estimate of drug-likeness (QED) is 0.601. The lowest BCUT2D eigenvalue weighted by atomic mass is 10.1. The first-order valence-electron chi connectivity index (χ1n) is 7.46. The van der Waals surface area contributed by atoms with E-state index in [9.17, 15) is 0 Å². The van der Waals surface area contributed by atoms with Crippen LogP contribution in [-0.2, 0) is 4.74 Å². The fraction of sp³-hybridized carbons (Fsp3) is 0.333. The molecular weight excluding hydrogens is 274 g/mol. The van der Waals surface area contributed by atoms with Gasteiger partial charge in [-0.15, -0.1) is 0 Å². The highest BCUT2D eigenvalue weighted by Crippen LogP contribution is 2.25. The van der Waals surface area contributed by atoms with E-state index in [-0.39, 0.29) is 0 Å². The maximum Gasteiger partial charge on any atom is 0.0910 e. The van der Waals surface area contributed by atoms with Crippen molar-refractivity contribution < 1.29 is 4.74 Å². The summed E-state index contributed by atoms with van der Waals surface area (Å²) in [6.45, 7) is 5.61. The third-order valence-corrected chi connectivity index (χ3v) is 3.49. The molecule has 2 rings (SSSR count). The maximum absolute atomic E-state index is 5.05. The minimum atomic E-state index is 0.598. The van der Waals surface area contributed by atoms with Crippen LogP contribution in [0, 0.1) is 6.92 Å². The molecule has 0 saturated heterocycles. The zero-order valence-corrected chi connectivity index (χ0v) is 13.7. The number of hydrogen-bond acceptors (Lipinski definition) is 3. The Hall–Kier alpha value is -2.20. The molecule has 0 amide bonds. The van der Waals surface area contributed by atoms with Crippen molar-refractivity contribution in [1.82, 2.24) is 9.88 Å². The Kier molecular flexibility index (Phi) is 5.67. The van der Waals surface area contributed by atoms with Gasteiger partial charge in [-0.25, -0.2) is 4.99 Å². The second kappa shape index (κ2) is 7.71. The Morgan fingerprint density at radius 1 is 1.36 bits per heavy atom. The van der Waals surface area contributed by atoms with Crippen LogP contribution in [0.4, 0.5) is 5.69 Å². The van der Waals surface area contributed by atoms with Crippen molar-refractivity contribution in [3.63, 3.8) is 0 Å². The normalized spacial score (nSPS) is 11.8. The number of rotatable bonds is 6. The molecule has 0 radical (unpaired) electrons. The van der Waals surface area contributed by atoms with Crippen LogP contribution in [0.5, 0.6) is 0 Å². The molecule has 0 aliphatic rings. The van der Waals surface area contributed by atoms with E-state index in [1.165, 1.54) is 0 Å². The molecule has 0 atom stereocenters. The van der Waals surface area contributed by atoms with Crippen LogP contribution in [0.15, 0.2) is 35.3 Å². The van der Waals surface area contributed by atoms with Gasteiger partial charge in [0.2, 0.25) is 0 Å². The largest absolute Gasteiger partial charge is 0.381 e. The Labute approximate surface area is 132 Å². The highest BCUT2D eigenvalue weighted by molar-refractivity contribution is 5.89. The van der Waals surface area contributed by atoms with Crippen LogP contribution in [0.3, 0.4) is 0 Å². The molecule has 0 unspecified atom stereocenters. The van der Waals surface area contributed by atoms with Gasteiger partial charge in [0.25, 0.3) is 0 Å². The first-order valence-corrected chi connectivity index (χ1v) is 7.46. The van der Waals surface area contributed by atoms with E-state index in [0.717, 1.165) is 34.4 Å². The van der Waals surface area contributed by atoms with Gasteiger partial charge in [0.05, 0.1) is 29.8 Å². The van der Waals surface area contributed by atoms with Crippen LogP contribution >= 0.6 is 0 Å². The number of aliphatic imine (C=N–C) groups is 1. The number of aryl methyl sites for hydroxylation is 1. The van der Waals surface area contributed by atoms with Crippen LogP contribution in [0.1, 0.15) is 18.2 Å². The Bertz CT molecular complexity index is 692. The smallest absolute Gasteiger partial charge is 0.0910 e. The molecule has 4 heteroatoms. The minimum absolute atomic E-state index is 0.598. The number of hydrogen-bond donors (Lipinski definition) is 0. The Morgan fingerprint density at radius 3 is 2.91 bits per heavy atom. The monoisotopic (exact) mass is 297 g/mol. The van der Waals surface area contributed by atoms with Crippen LogP contribution in [0.25, 0.3) is 17.0 Å². The number of para-hydroxylation sites is 1. The summed E-state index contributed by atoms with van der Waals surface area (Å²) in [6, 6.07) is 8.26. The molecule has 0 fully saturated rings. The van der Waals surface area contributed by atoms with Crippen molar-refractivity contribution in [2.45, 2.75) is 13.8 Å². The van der Waals surface area contributed by atoms with E-state index in [1.807, 2.05) is 43.4 Å². The highest BCUT2D eigenvalue weighted by atomic mass is 16.5. The van der Waals surface area contributed by atoms with E-state index >= 15 is 0 Å². The van der Waals surface area contributed by atoms with E-state index in [0.29, 0.717) is 6.61 Å². The summed E-state index contributed by atoms with van der Waals surface area (Å²) >= 11 is 0. The standard InChI is InChI=1S/C18H23N3O/c1-5-21(3)13-19-17-12-16-9-6-8-15(10-7-11-22-4)18(16)20-14(17)2/h6-10,12-13H,5,11H2,1-4H3/b10-7+,19-13?. The molecule has 116 valence electrons. The third-order valence-electron chi connectivity index (χ3n) is 3.49. The number of fused-ring (bicyclic) bond motifs is 1. The predicted octanol–water partition coefficient (Wildman–Crippen LogP) is 3.81. The van der Waals surface area contributed by atoms with Gasteiger partial charge < -0.3 is 9.64 Å². The molecule has 2 aromatic rings. The van der Waals surface area contributed by atoms with Crippen molar-refractivity contribution in [3.05, 3.63) is 41.6 Å². The van der Waals surface area contributed by atoms with Gasteiger partial charge in [-0.05, 0) is 19.9 Å². The van der Waals surface area contributed by atoms with Crippen LogP contribution in [-0.4, -0.2) is 43.5 Å². The van der Waals surface area contributed by atoms with Crippen LogP contribution in [0.2, 0.25) is 0 Å². The van der Waals surface area contributed by atoms with Gasteiger partial charge in [-0.2, -0.15) is 0 Å². The van der Waals surface area contributed by atoms with Gasteiger partial charge in [0.1, 0.15) is 0 Å². The number of pyridine rings is 1. The lowest BCUT2D eigenvalue weighted by Crippen LogP contribution is -2.14. The first-order chi connectivity index (χ1) is 10.7. The van der Waals surface area contributed by atoms with Crippen molar-refractivity contribution in [3.8, 4) is 0 Å². The summed E-state index contributed by atoms with van der Waals surface area (Å²) in [4.78, 5) is 11.3. The Morgan fingerprint density at radius 2 is 2.18 bits per heavy atom. The van der Waals surface area contributed by atoms with E-state index < -0.39 is 0 Å². The van der Waals surface area contributed by atoms with Crippen molar-refractivity contribution in [2.75, 3.05) is 27.3 Å². The number of ether oxygens (including phenoxy) is 1. The van der Waals surface area contributed by atoms with Crippen molar-refractivity contribution in [1.29, 1.82) is 0 Å². The highest BCUT2D eigenvalue weighted by Gasteiger charge is 2.05. The van der Waals surface area contributed by atoms with E-state index in [1.54, 1.807) is 7.11 Å². The molecule has 0 spiro atoms. The molecule has 1 heterocycles. The number of aromatic nitrogens is 1. The molecule has 0 aliphatic carbocycles. The molecule has 1 aromatic heterocycles. The van der Waals surface area contributed by atoms with Gasteiger partial charge in [-0.3, -0.25) is 4.98 Å². The minimum Gasteiger partial charge on any atom is -0.381 e. The maximum atomic E-state index is 5.05. The number of nitrogens with zero attached hydrogens (tertiary/aromatic N) is 3. The number of benzene rings is 1. The van der Waals surface area contributed by atoms with Crippen molar-refractivity contribution in [2.24, 2.45) is 4.99 Å². The van der Waals surface area contributed by atoms with Crippen molar-refractivity contribution >= 4 is 29.0 Å². The van der Waals surface area contributed by atoms with Gasteiger partial charge >= 0.3 is 0 Å². The summed E-state index contributed by atoms with van der Waals surface area (Å²) < 4.78 is 5.05. The molecule has 0 aliphatic heterocycles. The van der Waals surface area contributed by atoms with E-state index in [2.05, 4.69) is 30.1 Å². The van der Waals surface area contributed by atoms with Gasteiger partial charge in [0.15, 0.2) is 0 Å². The molecule has 1 aromatic carbocycles. The summed E-state index contributed by atoms with van der Waals surface area (Å²) in [5, 5.41) is 1.09. The zero-order valence-electron chi connectivity index (χ0n) is 13.7. The fourth-order valence-corrected chi connectivity index (χ4v) is 2.08. The second-order valence-electron chi connectivity index (χ2n) is 5.19. The number of methoxy groups -OCH3 is 1. The summed E-state index contributed by atoms with van der Waals surface area (Å²) in [5.74, 6) is 0. The SMILES string of the molecule is CCN(C)C=Nc1cc2cccc(/C=C/COC)c2nc1C. The third kappa shape index (κ3) is 3.92. The molecule has 4 nitrogen and oxygen atoms in total. The van der Waals surface area contributed by atoms with Gasteiger partial charge in [0, 0.05) is 31.7 Å². The average molecular weight is 297 g/mol. The fourth-order valence-electron chi connectivity index (χ4n) is 2.08. The molecular formula is C18H23N3O. The zero-order chi connectivity index (χ0) is 15.9. The molecule has 0 bridgehead atoms. The summed E-state index contributed by atoms with van der Waals surface area (Å²) in [7, 11) is 3.69. The molecule has 0 saturated carbocycles. The molecule has 0 N–H and O–H groups in total. The topological polar surface area (TPSA) is 37.7 Å². The summed E-state index contributed by atoms with van der Waals surface area (Å²) in [5.41, 5.74) is 3.93. The van der Waals surface area contributed by atoms with E-state index in [4.69, 9.17) is 9.72 Å². The summed E-state index contributed by atoms with van der Waals surface area (Å²) in [6.07, 6.45) is 5.89. The van der Waals surface area contributed by atoms with Crippen LogP contribution < -0.4 is 0 Å². The Balaban J connectivity index is 2.41. The van der Waals surface area contributed by atoms with Gasteiger partial charge in [-0.1, -0.05) is 30.4 Å². The lowest BCUT2D eigenvalue weighted by Gasteiger charge is -2.10. The first kappa shape index (κ1) is 16.2. The predicted molar refractivity (Wildman–Crippen MR) is 93.8 cm³/mol. The molecule has 22 heavy (non-hydrogen) atoms. The second-order valence-corrected chi connectivity index (χ2v) is 5.19.